The summed E-state index contributed by atoms with van der Waals surface area (Å²) in [6.07, 6.45) is -0.304. The molecule has 1 amide bonds. The summed E-state index contributed by atoms with van der Waals surface area (Å²) in [7, 11) is 0. The molecule has 0 aliphatic carbocycles. The Labute approximate surface area is 145 Å². The molecular formula is C18H29ClN2O2. The van der Waals surface area contributed by atoms with Crippen molar-refractivity contribution in [2.75, 3.05) is 18.4 Å². The Balaban J connectivity index is 2.70. The number of ether oxygens (including phenoxy) is 1. The highest BCUT2D eigenvalue weighted by Gasteiger charge is 2.30. The number of benzene rings is 1. The molecule has 5 heteroatoms. The van der Waals surface area contributed by atoms with Crippen LogP contribution in [0.2, 0.25) is 5.02 Å². The molecule has 0 aromatic heterocycles. The van der Waals surface area contributed by atoms with Crippen molar-refractivity contribution in [3.63, 3.8) is 0 Å². The summed E-state index contributed by atoms with van der Waals surface area (Å²) in [6, 6.07) is 5.87. The highest BCUT2D eigenvalue weighted by Crippen LogP contribution is 2.23. The van der Waals surface area contributed by atoms with Gasteiger partial charge in [-0.25, -0.2) is 4.79 Å². The zero-order valence-corrected chi connectivity index (χ0v) is 16.0. The van der Waals surface area contributed by atoms with Gasteiger partial charge in [-0.1, -0.05) is 17.7 Å². The van der Waals surface area contributed by atoms with E-state index in [0.717, 1.165) is 11.3 Å². The number of hydrogen-bond acceptors (Lipinski definition) is 3. The Morgan fingerprint density at radius 1 is 1.22 bits per heavy atom. The number of halogens is 1. The Hall–Kier alpha value is -1.42. The first-order chi connectivity index (χ1) is 10.4. The van der Waals surface area contributed by atoms with Gasteiger partial charge >= 0.3 is 6.09 Å². The van der Waals surface area contributed by atoms with E-state index < -0.39 is 5.60 Å². The molecule has 0 saturated heterocycles. The lowest BCUT2D eigenvalue weighted by Gasteiger charge is -2.37. The van der Waals surface area contributed by atoms with Crippen molar-refractivity contribution in [2.45, 2.75) is 59.6 Å². The minimum absolute atomic E-state index is 0.304. The summed E-state index contributed by atoms with van der Waals surface area (Å²) in [6.45, 7) is 14.7. The van der Waals surface area contributed by atoms with Gasteiger partial charge < -0.3 is 15.0 Å². The second kappa shape index (κ2) is 7.43. The molecule has 23 heavy (non-hydrogen) atoms. The van der Waals surface area contributed by atoms with E-state index in [1.807, 2.05) is 66.7 Å². The van der Waals surface area contributed by atoms with Crippen molar-refractivity contribution >= 4 is 23.4 Å². The second-order valence-corrected chi connectivity index (χ2v) is 8.12. The standard InChI is InChI=1S/C18H29ClN2O2/c1-13-8-9-15(14(19)12-13)20-10-11-21(17(2,3)4)16(22)23-18(5,6)7/h8-9,12,20H,10-11H2,1-7H3. The van der Waals surface area contributed by atoms with Crippen molar-refractivity contribution in [1.82, 2.24) is 4.90 Å². The third kappa shape index (κ3) is 6.69. The van der Waals surface area contributed by atoms with Crippen LogP contribution in [0.25, 0.3) is 0 Å². The Morgan fingerprint density at radius 2 is 1.83 bits per heavy atom. The predicted molar refractivity (Wildman–Crippen MR) is 97.4 cm³/mol. The fourth-order valence-corrected chi connectivity index (χ4v) is 2.39. The molecule has 0 atom stereocenters. The third-order valence-electron chi connectivity index (χ3n) is 3.20. The number of amides is 1. The number of nitrogens with one attached hydrogen (secondary N) is 1. The molecule has 0 aliphatic rings. The molecule has 1 aromatic rings. The van der Waals surface area contributed by atoms with E-state index in [9.17, 15) is 4.79 Å². The quantitative estimate of drug-likeness (QED) is 0.829. The van der Waals surface area contributed by atoms with Crippen LogP contribution < -0.4 is 5.32 Å². The fraction of sp³-hybridized carbons (Fsp3) is 0.611. The van der Waals surface area contributed by atoms with E-state index >= 15 is 0 Å². The van der Waals surface area contributed by atoms with E-state index in [0.29, 0.717) is 18.1 Å². The van der Waals surface area contributed by atoms with Crippen molar-refractivity contribution in [3.8, 4) is 0 Å². The summed E-state index contributed by atoms with van der Waals surface area (Å²) >= 11 is 6.22. The van der Waals surface area contributed by atoms with E-state index in [1.165, 1.54) is 0 Å². The number of carbonyl (C=O) groups excluding carboxylic acids is 1. The first-order valence-electron chi connectivity index (χ1n) is 7.91. The average Bonchev–Trinajstić information content (AvgIpc) is 2.32. The SMILES string of the molecule is Cc1ccc(NCCN(C(=O)OC(C)(C)C)C(C)(C)C)c(Cl)c1. The molecule has 0 unspecified atom stereocenters. The van der Waals surface area contributed by atoms with E-state index in [1.54, 1.807) is 4.90 Å². The number of anilines is 1. The van der Waals surface area contributed by atoms with E-state index in [-0.39, 0.29) is 11.6 Å². The van der Waals surface area contributed by atoms with Crippen LogP contribution in [0.3, 0.4) is 0 Å². The Morgan fingerprint density at radius 3 is 2.30 bits per heavy atom. The second-order valence-electron chi connectivity index (χ2n) is 7.71. The lowest BCUT2D eigenvalue weighted by molar-refractivity contribution is 0.00749. The zero-order chi connectivity index (χ0) is 17.8. The van der Waals surface area contributed by atoms with Gasteiger partial charge in [0.2, 0.25) is 0 Å². The van der Waals surface area contributed by atoms with Crippen LogP contribution in [-0.2, 0) is 4.74 Å². The van der Waals surface area contributed by atoms with Crippen molar-refractivity contribution in [2.24, 2.45) is 0 Å². The van der Waals surface area contributed by atoms with Gasteiger partial charge in [0.05, 0.1) is 10.7 Å². The van der Waals surface area contributed by atoms with Crippen LogP contribution in [0.4, 0.5) is 10.5 Å². The van der Waals surface area contributed by atoms with Crippen LogP contribution in [0.15, 0.2) is 18.2 Å². The van der Waals surface area contributed by atoms with Crippen LogP contribution >= 0.6 is 11.6 Å². The maximum absolute atomic E-state index is 12.4. The zero-order valence-electron chi connectivity index (χ0n) is 15.3. The van der Waals surface area contributed by atoms with Crippen molar-refractivity contribution < 1.29 is 9.53 Å². The highest BCUT2D eigenvalue weighted by atomic mass is 35.5. The van der Waals surface area contributed by atoms with Crippen LogP contribution in [0, 0.1) is 6.92 Å². The lowest BCUT2D eigenvalue weighted by atomic mass is 10.1. The maximum Gasteiger partial charge on any atom is 0.410 e. The summed E-state index contributed by atoms with van der Waals surface area (Å²) < 4.78 is 5.50. The Kier molecular flexibility index (Phi) is 6.34. The molecule has 130 valence electrons. The Bertz CT molecular complexity index is 545. The lowest BCUT2D eigenvalue weighted by Crippen LogP contribution is -2.49. The van der Waals surface area contributed by atoms with Crippen LogP contribution in [-0.4, -0.2) is 35.2 Å². The molecule has 0 aliphatic heterocycles. The predicted octanol–water partition coefficient (Wildman–Crippen LogP) is 5.10. The van der Waals surface area contributed by atoms with Gasteiger partial charge in [0, 0.05) is 18.6 Å². The third-order valence-corrected chi connectivity index (χ3v) is 3.51. The molecule has 0 fully saturated rings. The highest BCUT2D eigenvalue weighted by molar-refractivity contribution is 6.33. The van der Waals surface area contributed by atoms with Crippen molar-refractivity contribution in [1.29, 1.82) is 0 Å². The molecule has 1 aromatic carbocycles. The van der Waals surface area contributed by atoms with Crippen LogP contribution in [0.5, 0.6) is 0 Å². The number of aryl methyl sites for hydroxylation is 1. The molecule has 1 rings (SSSR count). The summed E-state index contributed by atoms with van der Waals surface area (Å²) in [5.74, 6) is 0. The largest absolute Gasteiger partial charge is 0.444 e. The smallest absolute Gasteiger partial charge is 0.410 e. The fourth-order valence-electron chi connectivity index (χ4n) is 2.08. The number of carbonyl (C=O) groups is 1. The van der Waals surface area contributed by atoms with Gasteiger partial charge in [-0.2, -0.15) is 0 Å². The van der Waals surface area contributed by atoms with E-state index in [4.69, 9.17) is 16.3 Å². The molecule has 0 saturated carbocycles. The van der Waals surface area contributed by atoms with Gasteiger partial charge in [-0.3, -0.25) is 0 Å². The average molecular weight is 341 g/mol. The first kappa shape index (κ1) is 19.6. The summed E-state index contributed by atoms with van der Waals surface area (Å²) in [5.41, 5.74) is 1.16. The van der Waals surface area contributed by atoms with Gasteiger partial charge in [-0.15, -0.1) is 0 Å². The van der Waals surface area contributed by atoms with E-state index in [2.05, 4.69) is 5.32 Å². The molecule has 0 bridgehead atoms. The summed E-state index contributed by atoms with van der Waals surface area (Å²) in [4.78, 5) is 14.1. The van der Waals surface area contributed by atoms with Gasteiger partial charge in [0.1, 0.15) is 5.60 Å². The molecule has 0 heterocycles. The topological polar surface area (TPSA) is 41.6 Å². The molecule has 0 spiro atoms. The normalized spacial score (nSPS) is 12.0. The minimum atomic E-state index is -0.506. The van der Waals surface area contributed by atoms with Crippen LogP contribution in [0.1, 0.15) is 47.1 Å². The number of hydrogen-bond donors (Lipinski definition) is 1. The van der Waals surface area contributed by atoms with Crippen molar-refractivity contribution in [3.05, 3.63) is 28.8 Å². The maximum atomic E-state index is 12.4. The van der Waals surface area contributed by atoms with Gasteiger partial charge in [-0.05, 0) is 66.2 Å². The summed E-state index contributed by atoms with van der Waals surface area (Å²) in [5, 5.41) is 3.96. The molecular weight excluding hydrogens is 312 g/mol. The van der Waals surface area contributed by atoms with Gasteiger partial charge in [0.15, 0.2) is 0 Å². The number of rotatable bonds is 4. The molecule has 0 radical (unpaired) electrons. The minimum Gasteiger partial charge on any atom is -0.444 e. The van der Waals surface area contributed by atoms with Gasteiger partial charge in [0.25, 0.3) is 0 Å². The molecule has 4 nitrogen and oxygen atoms in total. The molecule has 1 N–H and O–H groups in total. The first-order valence-corrected chi connectivity index (χ1v) is 8.28. The number of nitrogens with zero attached hydrogens (tertiary/aromatic N) is 1. The monoisotopic (exact) mass is 340 g/mol.